The minimum absolute atomic E-state index is 0.0327. The van der Waals surface area contributed by atoms with Crippen LogP contribution >= 0.6 is 11.6 Å². The van der Waals surface area contributed by atoms with Crippen molar-refractivity contribution >= 4 is 29.2 Å². The molecule has 1 amide bonds. The van der Waals surface area contributed by atoms with Gasteiger partial charge < -0.3 is 10.1 Å². The van der Waals surface area contributed by atoms with Crippen LogP contribution in [-0.4, -0.2) is 19.0 Å². The van der Waals surface area contributed by atoms with E-state index in [0.29, 0.717) is 10.7 Å². The van der Waals surface area contributed by atoms with Crippen molar-refractivity contribution in [2.45, 2.75) is 12.3 Å². The summed E-state index contributed by atoms with van der Waals surface area (Å²) >= 11 is 5.97. The molecule has 2 aromatic carbocycles. The second-order valence-electron chi connectivity index (χ2n) is 5.53. The Morgan fingerprint density at radius 3 is 2.61 bits per heavy atom. The first-order chi connectivity index (χ1) is 11.1. The Bertz CT molecular complexity index is 745. The zero-order valence-corrected chi connectivity index (χ0v) is 13.3. The normalized spacial score (nSPS) is 19.0. The summed E-state index contributed by atoms with van der Waals surface area (Å²) in [5.41, 5.74) is 1.96. The standard InChI is InChI=1S/C18H16ClNO3/c1-23-18(22)15-9-12(7-8-16(15)19)20-17(21)14-10-13(14)11-5-3-2-4-6-11/h2-9,13-14H,10H2,1H3,(H,20,21). The number of amides is 1. The maximum atomic E-state index is 12.3. The van der Waals surface area contributed by atoms with Gasteiger partial charge in [0.05, 0.1) is 17.7 Å². The zero-order chi connectivity index (χ0) is 16.4. The fraction of sp³-hybridized carbons (Fsp3) is 0.222. The van der Waals surface area contributed by atoms with Gasteiger partial charge in [0, 0.05) is 11.6 Å². The summed E-state index contributed by atoms with van der Waals surface area (Å²) in [4.78, 5) is 24.0. The van der Waals surface area contributed by atoms with Gasteiger partial charge in [-0.3, -0.25) is 4.79 Å². The minimum Gasteiger partial charge on any atom is -0.465 e. The number of hydrogen-bond donors (Lipinski definition) is 1. The molecule has 1 aliphatic carbocycles. The Morgan fingerprint density at radius 2 is 1.91 bits per heavy atom. The number of nitrogens with one attached hydrogen (secondary N) is 1. The molecule has 4 nitrogen and oxygen atoms in total. The molecule has 0 spiro atoms. The molecule has 0 aliphatic heterocycles. The highest BCUT2D eigenvalue weighted by Gasteiger charge is 2.43. The van der Waals surface area contributed by atoms with Crippen molar-refractivity contribution < 1.29 is 14.3 Å². The largest absolute Gasteiger partial charge is 0.465 e. The van der Waals surface area contributed by atoms with Gasteiger partial charge in [0.15, 0.2) is 0 Å². The van der Waals surface area contributed by atoms with Gasteiger partial charge in [0.1, 0.15) is 0 Å². The Kier molecular flexibility index (Phi) is 4.35. The second-order valence-corrected chi connectivity index (χ2v) is 5.94. The number of methoxy groups -OCH3 is 1. The van der Waals surface area contributed by atoms with Gasteiger partial charge >= 0.3 is 5.97 Å². The van der Waals surface area contributed by atoms with Crippen LogP contribution in [0.25, 0.3) is 0 Å². The van der Waals surface area contributed by atoms with E-state index in [1.54, 1.807) is 12.1 Å². The molecule has 23 heavy (non-hydrogen) atoms. The highest BCUT2D eigenvalue weighted by Crippen LogP contribution is 2.47. The van der Waals surface area contributed by atoms with Crippen molar-refractivity contribution in [3.8, 4) is 0 Å². The first-order valence-electron chi connectivity index (χ1n) is 7.34. The van der Waals surface area contributed by atoms with Gasteiger partial charge in [-0.25, -0.2) is 4.79 Å². The lowest BCUT2D eigenvalue weighted by atomic mass is 10.1. The van der Waals surface area contributed by atoms with Crippen molar-refractivity contribution in [2.75, 3.05) is 12.4 Å². The Morgan fingerprint density at radius 1 is 1.17 bits per heavy atom. The van der Waals surface area contributed by atoms with Gasteiger partial charge in [-0.15, -0.1) is 0 Å². The van der Waals surface area contributed by atoms with Crippen LogP contribution in [0.1, 0.15) is 28.3 Å². The van der Waals surface area contributed by atoms with E-state index in [9.17, 15) is 9.59 Å². The van der Waals surface area contributed by atoms with Crippen molar-refractivity contribution in [1.82, 2.24) is 0 Å². The molecule has 2 unspecified atom stereocenters. The third-order valence-electron chi connectivity index (χ3n) is 3.99. The average Bonchev–Trinajstić information content (AvgIpc) is 3.37. The molecule has 0 heterocycles. The van der Waals surface area contributed by atoms with Crippen molar-refractivity contribution in [1.29, 1.82) is 0 Å². The molecular formula is C18H16ClNO3. The molecule has 2 atom stereocenters. The van der Waals surface area contributed by atoms with Gasteiger partial charge in [-0.05, 0) is 36.1 Å². The van der Waals surface area contributed by atoms with E-state index in [4.69, 9.17) is 11.6 Å². The summed E-state index contributed by atoms with van der Waals surface area (Å²) < 4.78 is 4.68. The fourth-order valence-corrected chi connectivity index (χ4v) is 2.85. The van der Waals surface area contributed by atoms with Crippen LogP contribution < -0.4 is 5.32 Å². The van der Waals surface area contributed by atoms with Crippen LogP contribution in [0.3, 0.4) is 0 Å². The van der Waals surface area contributed by atoms with Gasteiger partial charge in [-0.1, -0.05) is 41.9 Å². The number of anilines is 1. The Hall–Kier alpha value is -2.33. The third-order valence-corrected chi connectivity index (χ3v) is 4.32. The smallest absolute Gasteiger partial charge is 0.339 e. The summed E-state index contributed by atoms with van der Waals surface area (Å²) in [6.45, 7) is 0. The van der Waals surface area contributed by atoms with Crippen LogP contribution in [0.4, 0.5) is 5.69 Å². The molecular weight excluding hydrogens is 314 g/mol. The number of carbonyl (C=O) groups excluding carboxylic acids is 2. The van der Waals surface area contributed by atoms with Crippen molar-refractivity contribution in [3.05, 3.63) is 64.7 Å². The first-order valence-corrected chi connectivity index (χ1v) is 7.71. The van der Waals surface area contributed by atoms with Crippen molar-refractivity contribution in [2.24, 2.45) is 5.92 Å². The lowest BCUT2D eigenvalue weighted by Crippen LogP contribution is -2.15. The molecule has 1 N–H and O–H groups in total. The molecule has 0 saturated heterocycles. The minimum atomic E-state index is -0.528. The van der Waals surface area contributed by atoms with Gasteiger partial charge in [-0.2, -0.15) is 0 Å². The monoisotopic (exact) mass is 329 g/mol. The van der Waals surface area contributed by atoms with E-state index in [2.05, 4.69) is 10.1 Å². The summed E-state index contributed by atoms with van der Waals surface area (Å²) in [5.74, 6) is -0.338. The lowest BCUT2D eigenvalue weighted by molar-refractivity contribution is -0.117. The van der Waals surface area contributed by atoms with E-state index < -0.39 is 5.97 Å². The van der Waals surface area contributed by atoms with Gasteiger partial charge in [0.2, 0.25) is 5.91 Å². The molecule has 1 fully saturated rings. The molecule has 1 aliphatic rings. The second kappa shape index (κ2) is 6.42. The average molecular weight is 330 g/mol. The number of benzene rings is 2. The highest BCUT2D eigenvalue weighted by atomic mass is 35.5. The molecule has 118 valence electrons. The Balaban J connectivity index is 1.69. The summed E-state index contributed by atoms with van der Waals surface area (Å²) in [7, 11) is 1.29. The number of esters is 1. The van der Waals surface area contributed by atoms with Crippen LogP contribution in [0, 0.1) is 5.92 Å². The Labute approximate surface area is 139 Å². The number of hydrogen-bond acceptors (Lipinski definition) is 3. The topological polar surface area (TPSA) is 55.4 Å². The highest BCUT2D eigenvalue weighted by molar-refractivity contribution is 6.33. The van der Waals surface area contributed by atoms with E-state index in [1.807, 2.05) is 30.3 Å². The quantitative estimate of drug-likeness (QED) is 0.866. The zero-order valence-electron chi connectivity index (χ0n) is 12.6. The number of carbonyl (C=O) groups is 2. The third kappa shape index (κ3) is 3.37. The fourth-order valence-electron chi connectivity index (χ4n) is 2.66. The molecule has 0 bridgehead atoms. The predicted molar refractivity (Wildman–Crippen MR) is 88.7 cm³/mol. The van der Waals surface area contributed by atoms with Crippen molar-refractivity contribution in [3.63, 3.8) is 0 Å². The lowest BCUT2D eigenvalue weighted by Gasteiger charge is -2.08. The summed E-state index contributed by atoms with van der Waals surface area (Å²) in [6, 6.07) is 14.8. The molecule has 5 heteroatoms. The SMILES string of the molecule is COC(=O)c1cc(NC(=O)C2CC2c2ccccc2)ccc1Cl. The van der Waals surface area contributed by atoms with Crippen LogP contribution in [-0.2, 0) is 9.53 Å². The first kappa shape index (κ1) is 15.6. The van der Waals surface area contributed by atoms with E-state index in [0.717, 1.165) is 6.42 Å². The molecule has 0 aromatic heterocycles. The number of ether oxygens (including phenoxy) is 1. The summed E-state index contributed by atoms with van der Waals surface area (Å²) in [6.07, 6.45) is 0.841. The predicted octanol–water partition coefficient (Wildman–Crippen LogP) is 3.87. The maximum absolute atomic E-state index is 12.3. The van der Waals surface area contributed by atoms with Gasteiger partial charge in [0.25, 0.3) is 0 Å². The maximum Gasteiger partial charge on any atom is 0.339 e. The molecule has 0 radical (unpaired) electrons. The number of halogens is 1. The van der Waals surface area contributed by atoms with E-state index in [-0.39, 0.29) is 23.3 Å². The van der Waals surface area contributed by atoms with Crippen LogP contribution in [0.2, 0.25) is 5.02 Å². The molecule has 2 aromatic rings. The summed E-state index contributed by atoms with van der Waals surface area (Å²) in [5, 5.41) is 3.14. The molecule has 1 saturated carbocycles. The molecule has 3 rings (SSSR count). The van der Waals surface area contributed by atoms with E-state index in [1.165, 1.54) is 18.7 Å². The van der Waals surface area contributed by atoms with Crippen LogP contribution in [0.15, 0.2) is 48.5 Å². The van der Waals surface area contributed by atoms with E-state index >= 15 is 0 Å². The van der Waals surface area contributed by atoms with Crippen LogP contribution in [0.5, 0.6) is 0 Å². The number of rotatable bonds is 4.